The molecule has 180 valence electrons. The molecule has 3 aromatic carbocycles. The summed E-state index contributed by atoms with van der Waals surface area (Å²) >= 11 is 7.20. The second-order valence-electron chi connectivity index (χ2n) is 8.18. The van der Waals surface area contributed by atoms with Gasteiger partial charge in [-0.05, 0) is 53.9 Å². The van der Waals surface area contributed by atoms with E-state index in [4.69, 9.17) is 11.6 Å². The molecule has 0 spiro atoms. The Hall–Kier alpha value is -4.08. The van der Waals surface area contributed by atoms with Gasteiger partial charge in [-0.2, -0.15) is 0 Å². The van der Waals surface area contributed by atoms with Crippen LogP contribution in [0.4, 0.5) is 10.8 Å². The number of non-ortho nitro benzene ring substituents is 1. The summed E-state index contributed by atoms with van der Waals surface area (Å²) in [6.45, 7) is 2.03. The van der Waals surface area contributed by atoms with Crippen LogP contribution in [0.2, 0.25) is 5.02 Å². The number of rotatable bonds is 5. The van der Waals surface area contributed by atoms with Crippen molar-refractivity contribution in [2.24, 2.45) is 0 Å². The third kappa shape index (κ3) is 4.02. The van der Waals surface area contributed by atoms with Crippen LogP contribution in [0.5, 0.6) is 0 Å². The number of aliphatic hydroxyl groups is 1. The second-order valence-corrected chi connectivity index (χ2v) is 9.63. The lowest BCUT2D eigenvalue weighted by molar-refractivity contribution is -0.384. The van der Waals surface area contributed by atoms with Crippen LogP contribution >= 0.6 is 22.9 Å². The summed E-state index contributed by atoms with van der Waals surface area (Å²) in [4.78, 5) is 43.3. The average molecular weight is 520 g/mol. The number of anilines is 1. The number of ketones is 1. The first kappa shape index (κ1) is 23.7. The number of hydrogen-bond acceptors (Lipinski definition) is 7. The fraction of sp³-hybridized carbons (Fsp3) is 0.115. The number of aryl methyl sites for hydroxylation is 1. The van der Waals surface area contributed by atoms with E-state index in [0.717, 1.165) is 16.7 Å². The Morgan fingerprint density at radius 2 is 1.89 bits per heavy atom. The van der Waals surface area contributed by atoms with Crippen molar-refractivity contribution in [2.75, 3.05) is 4.90 Å². The molecule has 1 aromatic heterocycles. The van der Waals surface area contributed by atoms with Crippen molar-refractivity contribution in [2.45, 2.75) is 19.4 Å². The number of carbonyl (C=O) groups is 2. The monoisotopic (exact) mass is 519 g/mol. The standard InChI is InChI=1S/C26H18ClN3O5S/c1-2-14-6-11-19-20(12-14)36-26(28-19)29-22(16-4-3-5-18(13-16)30(34)35)21(24(32)25(29)33)23(31)15-7-9-17(27)10-8-15/h3-13,22,31H,2H2,1H3/t22-/m0/s1. The lowest BCUT2D eigenvalue weighted by Crippen LogP contribution is -2.29. The van der Waals surface area contributed by atoms with E-state index in [1.54, 1.807) is 18.2 Å². The largest absolute Gasteiger partial charge is 0.507 e. The molecule has 1 aliphatic rings. The molecule has 2 heterocycles. The van der Waals surface area contributed by atoms with E-state index in [1.807, 2.05) is 25.1 Å². The van der Waals surface area contributed by atoms with Gasteiger partial charge < -0.3 is 5.11 Å². The topological polar surface area (TPSA) is 114 Å². The zero-order chi connectivity index (χ0) is 25.6. The number of nitro benzene ring substituents is 1. The first-order valence-electron chi connectivity index (χ1n) is 11.0. The van der Waals surface area contributed by atoms with Crippen LogP contribution in [0.25, 0.3) is 16.0 Å². The number of aliphatic hydroxyl groups excluding tert-OH is 1. The fourth-order valence-corrected chi connectivity index (χ4v) is 5.38. The zero-order valence-corrected chi connectivity index (χ0v) is 20.4. The molecule has 1 saturated heterocycles. The highest BCUT2D eigenvalue weighted by Gasteiger charge is 2.48. The number of halogens is 1. The maximum atomic E-state index is 13.4. The third-order valence-corrected chi connectivity index (χ3v) is 7.28. The van der Waals surface area contributed by atoms with Gasteiger partial charge in [-0.1, -0.05) is 48.1 Å². The molecule has 0 aliphatic carbocycles. The Morgan fingerprint density at radius 3 is 2.58 bits per heavy atom. The van der Waals surface area contributed by atoms with Gasteiger partial charge in [0.05, 0.1) is 26.8 Å². The van der Waals surface area contributed by atoms with Crippen LogP contribution in [-0.2, 0) is 16.0 Å². The first-order valence-corrected chi connectivity index (χ1v) is 12.2. The number of thiazole rings is 1. The van der Waals surface area contributed by atoms with Crippen molar-refractivity contribution in [3.8, 4) is 0 Å². The van der Waals surface area contributed by atoms with Crippen molar-refractivity contribution in [3.63, 3.8) is 0 Å². The van der Waals surface area contributed by atoms with Crippen molar-refractivity contribution in [1.82, 2.24) is 4.98 Å². The number of hydrogen-bond donors (Lipinski definition) is 1. The number of benzene rings is 3. The number of nitrogens with zero attached hydrogens (tertiary/aromatic N) is 3. The third-order valence-electron chi connectivity index (χ3n) is 6.01. The van der Waals surface area contributed by atoms with Gasteiger partial charge in [0.2, 0.25) is 0 Å². The van der Waals surface area contributed by atoms with Crippen molar-refractivity contribution >= 4 is 61.4 Å². The highest BCUT2D eigenvalue weighted by Crippen LogP contribution is 2.45. The van der Waals surface area contributed by atoms with Crippen LogP contribution < -0.4 is 4.90 Å². The average Bonchev–Trinajstić information content (AvgIpc) is 3.41. The molecule has 8 nitrogen and oxygen atoms in total. The summed E-state index contributed by atoms with van der Waals surface area (Å²) in [6, 6.07) is 16.5. The normalized spacial score (nSPS) is 17.2. The summed E-state index contributed by atoms with van der Waals surface area (Å²) in [6.07, 6.45) is 0.822. The Morgan fingerprint density at radius 1 is 1.14 bits per heavy atom. The van der Waals surface area contributed by atoms with E-state index in [-0.39, 0.29) is 22.0 Å². The number of carbonyl (C=O) groups excluding carboxylic acids is 2. The molecule has 0 bridgehead atoms. The number of fused-ring (bicyclic) bond motifs is 1. The van der Waals surface area contributed by atoms with Crippen LogP contribution in [0.3, 0.4) is 0 Å². The lowest BCUT2D eigenvalue weighted by Gasteiger charge is -2.22. The summed E-state index contributed by atoms with van der Waals surface area (Å²) in [5.41, 5.74) is 1.94. The van der Waals surface area contributed by atoms with Crippen LogP contribution in [0.1, 0.15) is 29.7 Å². The zero-order valence-electron chi connectivity index (χ0n) is 18.8. The number of amides is 1. The predicted octanol–water partition coefficient (Wildman–Crippen LogP) is 6.05. The minimum absolute atomic E-state index is 0.184. The van der Waals surface area contributed by atoms with Crippen LogP contribution in [-0.4, -0.2) is 26.7 Å². The van der Waals surface area contributed by atoms with Gasteiger partial charge >= 0.3 is 5.91 Å². The van der Waals surface area contributed by atoms with Gasteiger partial charge in [-0.25, -0.2) is 4.98 Å². The number of aromatic nitrogens is 1. The molecule has 0 saturated carbocycles. The van der Waals surface area contributed by atoms with Gasteiger partial charge in [-0.3, -0.25) is 24.6 Å². The Balaban J connectivity index is 1.74. The Bertz CT molecular complexity index is 1580. The Labute approximate surface area is 214 Å². The number of nitro groups is 1. The second kappa shape index (κ2) is 9.18. The molecule has 4 aromatic rings. The molecular weight excluding hydrogens is 502 g/mol. The summed E-state index contributed by atoms with van der Waals surface area (Å²) < 4.78 is 0.835. The fourth-order valence-electron chi connectivity index (χ4n) is 4.20. The molecule has 1 aliphatic heterocycles. The molecule has 1 N–H and O–H groups in total. The lowest BCUT2D eigenvalue weighted by atomic mass is 9.95. The van der Waals surface area contributed by atoms with Gasteiger partial charge in [-0.15, -0.1) is 0 Å². The van der Waals surface area contributed by atoms with Crippen LogP contribution in [0.15, 0.2) is 72.3 Å². The molecular formula is C26H18ClN3O5S. The SMILES string of the molecule is CCc1ccc2nc(N3C(=O)C(=O)C(=C(O)c4ccc(Cl)cc4)[C@@H]3c3cccc([N+](=O)[O-])c3)sc2c1. The van der Waals surface area contributed by atoms with E-state index in [2.05, 4.69) is 4.98 Å². The summed E-state index contributed by atoms with van der Waals surface area (Å²) in [5, 5.41) is 23.3. The maximum Gasteiger partial charge on any atom is 0.301 e. The summed E-state index contributed by atoms with van der Waals surface area (Å²) in [5.74, 6) is -2.19. The molecule has 1 amide bonds. The van der Waals surface area contributed by atoms with Gasteiger partial charge in [0.15, 0.2) is 5.13 Å². The van der Waals surface area contributed by atoms with Crippen molar-refractivity contribution in [3.05, 3.63) is 104 Å². The maximum absolute atomic E-state index is 13.4. The predicted molar refractivity (Wildman–Crippen MR) is 138 cm³/mol. The minimum Gasteiger partial charge on any atom is -0.507 e. The van der Waals surface area contributed by atoms with E-state index in [9.17, 15) is 24.8 Å². The van der Waals surface area contributed by atoms with Gasteiger partial charge in [0.1, 0.15) is 5.76 Å². The van der Waals surface area contributed by atoms with E-state index < -0.39 is 28.4 Å². The highest BCUT2D eigenvalue weighted by atomic mass is 35.5. The van der Waals surface area contributed by atoms with Crippen LogP contribution in [0, 0.1) is 10.1 Å². The van der Waals surface area contributed by atoms with Crippen molar-refractivity contribution in [1.29, 1.82) is 0 Å². The molecule has 0 radical (unpaired) electrons. The molecule has 10 heteroatoms. The van der Waals surface area contributed by atoms with Crippen molar-refractivity contribution < 1.29 is 19.6 Å². The molecule has 0 unspecified atom stereocenters. The highest BCUT2D eigenvalue weighted by molar-refractivity contribution is 7.22. The van der Waals surface area contributed by atoms with Gasteiger partial charge in [0.25, 0.3) is 11.5 Å². The Kier molecular flexibility index (Phi) is 6.03. The van der Waals surface area contributed by atoms with Gasteiger partial charge in [0, 0.05) is 22.7 Å². The number of Topliss-reactive ketones (excluding diaryl/α,β-unsaturated/α-hetero) is 1. The first-order chi connectivity index (χ1) is 17.3. The quantitative estimate of drug-likeness (QED) is 0.113. The molecule has 5 rings (SSSR count). The molecule has 1 fully saturated rings. The summed E-state index contributed by atoms with van der Waals surface area (Å²) in [7, 11) is 0. The molecule has 1 atom stereocenters. The van der Waals surface area contributed by atoms with E-state index in [1.165, 1.54) is 46.6 Å². The minimum atomic E-state index is -1.12. The van der Waals surface area contributed by atoms with E-state index in [0.29, 0.717) is 16.1 Å². The smallest absolute Gasteiger partial charge is 0.301 e. The molecule has 36 heavy (non-hydrogen) atoms. The van der Waals surface area contributed by atoms with E-state index >= 15 is 0 Å².